The maximum absolute atomic E-state index is 13.1. The SMILES string of the molecule is Cc1nc2cc(C(=O)N[C@@H]3CCCN(c4cnc(C(N)=O)c(Nc5cnn(C)c5)n4)[C@@H]3C)ccc2s1. The van der Waals surface area contributed by atoms with Crippen LogP contribution in [-0.2, 0) is 7.05 Å². The molecule has 4 heterocycles. The van der Waals surface area contributed by atoms with Crippen LogP contribution in [0, 0.1) is 6.92 Å². The average Bonchev–Trinajstić information content (AvgIpc) is 3.43. The lowest BCUT2D eigenvalue weighted by Crippen LogP contribution is -2.54. The van der Waals surface area contributed by atoms with Crippen molar-refractivity contribution in [3.8, 4) is 0 Å². The number of anilines is 3. The quantitative estimate of drug-likeness (QED) is 0.363. The predicted octanol–water partition coefficient (Wildman–Crippen LogP) is 2.76. The van der Waals surface area contributed by atoms with Crippen molar-refractivity contribution in [2.24, 2.45) is 12.8 Å². The Hall–Kier alpha value is -4.06. The van der Waals surface area contributed by atoms with Crippen molar-refractivity contribution in [1.29, 1.82) is 0 Å². The maximum atomic E-state index is 13.1. The number of thiazole rings is 1. The molecule has 5 rings (SSSR count). The van der Waals surface area contributed by atoms with Crippen LogP contribution in [0.4, 0.5) is 17.3 Å². The highest BCUT2D eigenvalue weighted by atomic mass is 32.1. The lowest BCUT2D eigenvalue weighted by atomic mass is 9.97. The number of carbonyl (C=O) groups is 2. The Morgan fingerprint density at radius 3 is 2.81 bits per heavy atom. The molecule has 4 N–H and O–H groups in total. The molecule has 2 amide bonds. The largest absolute Gasteiger partial charge is 0.364 e. The summed E-state index contributed by atoms with van der Waals surface area (Å²) in [6.45, 7) is 4.75. The molecule has 0 bridgehead atoms. The Morgan fingerprint density at radius 1 is 1.22 bits per heavy atom. The van der Waals surface area contributed by atoms with Crippen LogP contribution >= 0.6 is 11.3 Å². The molecular weight excluding hydrogens is 478 g/mol. The molecule has 0 aliphatic carbocycles. The number of piperidine rings is 1. The summed E-state index contributed by atoms with van der Waals surface area (Å²) in [5, 5.41) is 11.4. The zero-order valence-corrected chi connectivity index (χ0v) is 21.0. The molecule has 2 atom stereocenters. The second kappa shape index (κ2) is 9.53. The third kappa shape index (κ3) is 4.71. The highest BCUT2D eigenvalue weighted by Crippen LogP contribution is 2.27. The predicted molar refractivity (Wildman–Crippen MR) is 139 cm³/mol. The van der Waals surface area contributed by atoms with E-state index in [4.69, 9.17) is 5.73 Å². The van der Waals surface area contributed by atoms with Crippen LogP contribution in [0.1, 0.15) is 45.6 Å². The minimum atomic E-state index is -0.676. The number of amides is 2. The van der Waals surface area contributed by atoms with Crippen molar-refractivity contribution in [2.75, 3.05) is 16.8 Å². The van der Waals surface area contributed by atoms with Gasteiger partial charge in [0.1, 0.15) is 5.82 Å². The fourth-order valence-electron chi connectivity index (χ4n) is 4.50. The topological polar surface area (TPSA) is 144 Å². The Labute approximate surface area is 211 Å². The number of hydrogen-bond donors (Lipinski definition) is 3. The first kappa shape index (κ1) is 23.7. The van der Waals surface area contributed by atoms with Crippen molar-refractivity contribution in [1.82, 2.24) is 30.0 Å². The Morgan fingerprint density at radius 2 is 2.06 bits per heavy atom. The van der Waals surface area contributed by atoms with Crippen LogP contribution < -0.4 is 21.3 Å². The monoisotopic (exact) mass is 505 g/mol. The third-order valence-corrected chi connectivity index (χ3v) is 7.27. The molecule has 11 nitrogen and oxygen atoms in total. The summed E-state index contributed by atoms with van der Waals surface area (Å²) in [6.07, 6.45) is 6.64. The second-order valence-corrected chi connectivity index (χ2v) is 10.1. The molecule has 1 aliphatic rings. The minimum absolute atomic E-state index is 0.0461. The van der Waals surface area contributed by atoms with Crippen LogP contribution in [0.2, 0.25) is 0 Å². The Balaban J connectivity index is 1.35. The number of carbonyl (C=O) groups excluding carboxylic acids is 2. The summed E-state index contributed by atoms with van der Waals surface area (Å²) in [7, 11) is 1.79. The second-order valence-electron chi connectivity index (χ2n) is 8.89. The average molecular weight is 506 g/mol. The molecule has 1 saturated heterocycles. The summed E-state index contributed by atoms with van der Waals surface area (Å²) >= 11 is 1.61. The lowest BCUT2D eigenvalue weighted by molar-refractivity contribution is 0.0923. The molecule has 0 unspecified atom stereocenters. The maximum Gasteiger partial charge on any atom is 0.271 e. The molecule has 1 fully saturated rings. The number of benzene rings is 1. The number of nitrogens with one attached hydrogen (secondary N) is 2. The zero-order chi connectivity index (χ0) is 25.4. The molecule has 0 radical (unpaired) electrons. The first-order chi connectivity index (χ1) is 17.3. The smallest absolute Gasteiger partial charge is 0.271 e. The van der Waals surface area contributed by atoms with Crippen LogP contribution in [0.3, 0.4) is 0 Å². The van der Waals surface area contributed by atoms with Gasteiger partial charge < -0.3 is 21.3 Å². The van der Waals surface area contributed by atoms with Crippen LogP contribution in [0.25, 0.3) is 10.2 Å². The summed E-state index contributed by atoms with van der Waals surface area (Å²) in [4.78, 5) is 40.6. The van der Waals surface area contributed by atoms with Crippen molar-refractivity contribution < 1.29 is 9.59 Å². The number of rotatable bonds is 6. The Bertz CT molecular complexity index is 1450. The summed E-state index contributed by atoms with van der Waals surface area (Å²) < 4.78 is 2.70. The number of fused-ring (bicyclic) bond motifs is 1. The molecule has 1 aromatic carbocycles. The molecule has 0 saturated carbocycles. The van der Waals surface area contributed by atoms with Crippen LogP contribution in [0.15, 0.2) is 36.8 Å². The van der Waals surface area contributed by atoms with E-state index in [2.05, 4.69) is 42.5 Å². The summed E-state index contributed by atoms with van der Waals surface area (Å²) in [5.74, 6) is 0.0512. The molecule has 3 aromatic heterocycles. The van der Waals surface area contributed by atoms with Crippen LogP contribution in [-0.4, -0.2) is 55.2 Å². The fraction of sp³-hybridized carbons (Fsp3) is 0.333. The van der Waals surface area contributed by atoms with Gasteiger partial charge in [-0.1, -0.05) is 0 Å². The van der Waals surface area contributed by atoms with Crippen molar-refractivity contribution >= 4 is 50.7 Å². The number of aromatic nitrogens is 5. The van der Waals surface area contributed by atoms with Gasteiger partial charge in [-0.05, 0) is 44.9 Å². The van der Waals surface area contributed by atoms with Gasteiger partial charge in [0.05, 0.1) is 33.3 Å². The van der Waals surface area contributed by atoms with Gasteiger partial charge in [-0.15, -0.1) is 11.3 Å². The van der Waals surface area contributed by atoms with Gasteiger partial charge in [0.25, 0.3) is 11.8 Å². The first-order valence-corrected chi connectivity index (χ1v) is 12.5. The van der Waals surface area contributed by atoms with E-state index >= 15 is 0 Å². The first-order valence-electron chi connectivity index (χ1n) is 11.7. The fourth-order valence-corrected chi connectivity index (χ4v) is 5.31. The highest BCUT2D eigenvalue weighted by Gasteiger charge is 2.31. The molecule has 4 aromatic rings. The van der Waals surface area contributed by atoms with Gasteiger partial charge in [-0.2, -0.15) is 5.10 Å². The molecule has 186 valence electrons. The number of hydrogen-bond acceptors (Lipinski definition) is 9. The van der Waals surface area contributed by atoms with Crippen molar-refractivity contribution in [3.05, 3.63) is 53.1 Å². The van der Waals surface area contributed by atoms with Gasteiger partial charge >= 0.3 is 0 Å². The van der Waals surface area contributed by atoms with Gasteiger partial charge in [-0.25, -0.2) is 15.0 Å². The number of nitrogens with zero attached hydrogens (tertiary/aromatic N) is 6. The lowest BCUT2D eigenvalue weighted by Gasteiger charge is -2.40. The normalized spacial score (nSPS) is 17.8. The Kier molecular flexibility index (Phi) is 6.27. The zero-order valence-electron chi connectivity index (χ0n) is 20.2. The van der Waals surface area contributed by atoms with Gasteiger partial charge in [0, 0.05) is 37.4 Å². The van der Waals surface area contributed by atoms with E-state index in [-0.39, 0.29) is 29.5 Å². The summed E-state index contributed by atoms with van der Waals surface area (Å²) in [6, 6.07) is 5.48. The van der Waals surface area contributed by atoms with Gasteiger partial charge in [0.15, 0.2) is 11.5 Å². The third-order valence-electron chi connectivity index (χ3n) is 6.32. The molecular formula is C24H27N9O2S. The van der Waals surface area contributed by atoms with E-state index in [1.54, 1.807) is 41.7 Å². The van der Waals surface area contributed by atoms with E-state index in [0.717, 1.165) is 34.6 Å². The van der Waals surface area contributed by atoms with Crippen LogP contribution in [0.5, 0.6) is 0 Å². The number of primary amides is 1. The highest BCUT2D eigenvalue weighted by molar-refractivity contribution is 7.18. The molecule has 1 aliphatic heterocycles. The number of nitrogens with two attached hydrogens (primary N) is 1. The van der Waals surface area contributed by atoms with E-state index in [1.807, 2.05) is 25.1 Å². The molecule has 36 heavy (non-hydrogen) atoms. The summed E-state index contributed by atoms with van der Waals surface area (Å²) in [5.41, 5.74) is 7.66. The van der Waals surface area contributed by atoms with Crippen molar-refractivity contribution in [2.45, 2.75) is 38.8 Å². The van der Waals surface area contributed by atoms with E-state index in [0.29, 0.717) is 17.1 Å². The van der Waals surface area contributed by atoms with E-state index in [9.17, 15) is 9.59 Å². The van der Waals surface area contributed by atoms with E-state index < -0.39 is 5.91 Å². The van der Waals surface area contributed by atoms with Gasteiger partial charge in [-0.3, -0.25) is 14.3 Å². The van der Waals surface area contributed by atoms with E-state index in [1.165, 1.54) is 0 Å². The minimum Gasteiger partial charge on any atom is -0.364 e. The van der Waals surface area contributed by atoms with Crippen molar-refractivity contribution in [3.63, 3.8) is 0 Å². The molecule has 0 spiro atoms. The standard InChI is InChI=1S/C24H27N9O2S/c1-13-17(30-24(35)15-6-7-19-18(9-15)28-14(2)36-19)5-4-8-33(13)20-11-26-21(22(25)34)23(31-20)29-16-10-27-32(3)12-16/h6-7,9-13,17H,4-5,8H2,1-3H3,(H2,25,34)(H,29,31)(H,30,35)/t13-,17-/m1/s1. The number of aryl methyl sites for hydroxylation is 2. The van der Waals surface area contributed by atoms with Gasteiger partial charge in [0.2, 0.25) is 0 Å². The molecule has 12 heteroatoms.